The Morgan fingerprint density at radius 1 is 1.00 bits per heavy atom. The molecule has 0 aliphatic rings. The summed E-state index contributed by atoms with van der Waals surface area (Å²) in [5.74, 6) is 0.405. The van der Waals surface area contributed by atoms with Crippen LogP contribution in [0.1, 0.15) is 16.7 Å². The highest BCUT2D eigenvalue weighted by molar-refractivity contribution is 7.98. The van der Waals surface area contributed by atoms with Crippen molar-refractivity contribution in [2.24, 2.45) is 0 Å². The maximum atomic E-state index is 12.6. The van der Waals surface area contributed by atoms with Crippen LogP contribution in [-0.4, -0.2) is 16.5 Å². The first-order valence-electron chi connectivity index (χ1n) is 7.09. The fourth-order valence-electron chi connectivity index (χ4n) is 2.32. The molecule has 7 heteroatoms. The molecular weight excluding hydrogens is 337 g/mol. The first-order chi connectivity index (χ1) is 11.5. The molecule has 0 unspecified atom stereocenters. The number of hydrogen-bond acceptors (Lipinski definition) is 4. The van der Waals surface area contributed by atoms with Crippen LogP contribution < -0.4 is 0 Å². The molecule has 2 aromatic carbocycles. The van der Waals surface area contributed by atoms with Crippen molar-refractivity contribution in [3.8, 4) is 11.5 Å². The molecule has 0 fully saturated rings. The van der Waals surface area contributed by atoms with Gasteiger partial charge in [0, 0.05) is 5.56 Å². The molecule has 0 aliphatic carbocycles. The van der Waals surface area contributed by atoms with E-state index in [0.717, 1.165) is 28.8 Å². The second-order valence-electron chi connectivity index (χ2n) is 5.11. The summed E-state index contributed by atoms with van der Waals surface area (Å²) in [5, 5.41) is 8.41. The third kappa shape index (κ3) is 3.62. The average molecular weight is 350 g/mol. The normalized spacial score (nSPS) is 11.7. The summed E-state index contributed by atoms with van der Waals surface area (Å²) in [6.45, 7) is 0. The SMILES string of the molecule is CSc1nnc(-c2ccccc2Cc2ccc(C(F)(F)F)cc2)o1. The fraction of sp³-hybridized carbons (Fsp3) is 0.176. The molecule has 0 N–H and O–H groups in total. The molecule has 0 saturated heterocycles. The lowest BCUT2D eigenvalue weighted by atomic mass is 9.99. The van der Waals surface area contributed by atoms with Crippen LogP contribution in [0.5, 0.6) is 0 Å². The quantitative estimate of drug-likeness (QED) is 0.616. The summed E-state index contributed by atoms with van der Waals surface area (Å²) < 4.78 is 43.5. The number of benzene rings is 2. The zero-order valence-electron chi connectivity index (χ0n) is 12.7. The van der Waals surface area contributed by atoms with Gasteiger partial charge in [-0.3, -0.25) is 0 Å². The van der Waals surface area contributed by atoms with E-state index in [-0.39, 0.29) is 0 Å². The van der Waals surface area contributed by atoms with Gasteiger partial charge in [0.05, 0.1) is 5.56 Å². The van der Waals surface area contributed by atoms with Crippen molar-refractivity contribution in [1.29, 1.82) is 0 Å². The van der Waals surface area contributed by atoms with Gasteiger partial charge in [0.25, 0.3) is 5.22 Å². The van der Waals surface area contributed by atoms with Crippen molar-refractivity contribution in [1.82, 2.24) is 10.2 Å². The van der Waals surface area contributed by atoms with Gasteiger partial charge in [0.1, 0.15) is 0 Å². The van der Waals surface area contributed by atoms with E-state index in [4.69, 9.17) is 4.42 Å². The number of thioether (sulfide) groups is 1. The first kappa shape index (κ1) is 16.6. The van der Waals surface area contributed by atoms with Gasteiger partial charge in [-0.2, -0.15) is 13.2 Å². The van der Waals surface area contributed by atoms with Crippen molar-refractivity contribution in [3.63, 3.8) is 0 Å². The third-order valence-corrected chi connectivity index (χ3v) is 4.02. The molecule has 0 bridgehead atoms. The molecule has 0 spiro atoms. The maximum Gasteiger partial charge on any atom is 0.416 e. The van der Waals surface area contributed by atoms with Crippen LogP contribution in [0.4, 0.5) is 13.2 Å². The van der Waals surface area contributed by atoms with Crippen molar-refractivity contribution in [3.05, 3.63) is 65.2 Å². The van der Waals surface area contributed by atoms with E-state index in [0.29, 0.717) is 17.5 Å². The highest BCUT2D eigenvalue weighted by Gasteiger charge is 2.29. The Labute approximate surface area is 140 Å². The molecule has 0 atom stereocenters. The van der Waals surface area contributed by atoms with Crippen molar-refractivity contribution in [2.75, 3.05) is 6.26 Å². The number of alkyl halides is 3. The van der Waals surface area contributed by atoms with Gasteiger partial charge in [-0.15, -0.1) is 10.2 Å². The summed E-state index contributed by atoms with van der Waals surface area (Å²) >= 11 is 1.35. The highest BCUT2D eigenvalue weighted by atomic mass is 32.2. The summed E-state index contributed by atoms with van der Waals surface area (Å²) in [6.07, 6.45) is -2.01. The predicted octanol–water partition coefficient (Wildman–Crippen LogP) is 5.07. The molecule has 1 heterocycles. The molecule has 0 radical (unpaired) electrons. The van der Waals surface area contributed by atoms with E-state index in [2.05, 4.69) is 10.2 Å². The Hall–Kier alpha value is -2.28. The van der Waals surface area contributed by atoms with Crippen molar-refractivity contribution in [2.45, 2.75) is 17.8 Å². The van der Waals surface area contributed by atoms with Crippen molar-refractivity contribution >= 4 is 11.8 Å². The smallest absolute Gasteiger partial charge is 0.411 e. The monoisotopic (exact) mass is 350 g/mol. The van der Waals surface area contributed by atoms with Gasteiger partial charge in [-0.1, -0.05) is 42.1 Å². The second kappa shape index (κ2) is 6.68. The molecule has 3 nitrogen and oxygen atoms in total. The van der Waals surface area contributed by atoms with Gasteiger partial charge in [-0.25, -0.2) is 0 Å². The zero-order valence-corrected chi connectivity index (χ0v) is 13.5. The standard InChI is InChI=1S/C17H13F3N2OS/c1-24-16-22-21-15(23-16)14-5-3-2-4-12(14)10-11-6-8-13(9-7-11)17(18,19)20/h2-9H,10H2,1H3. The molecule has 0 saturated carbocycles. The first-order valence-corrected chi connectivity index (χ1v) is 8.32. The summed E-state index contributed by atoms with van der Waals surface area (Å²) in [5.41, 5.74) is 1.82. The van der Waals surface area contributed by atoms with Crippen LogP contribution in [0.3, 0.4) is 0 Å². The van der Waals surface area contributed by atoms with Crippen LogP contribution >= 0.6 is 11.8 Å². The number of hydrogen-bond donors (Lipinski definition) is 0. The minimum atomic E-state index is -4.32. The third-order valence-electron chi connectivity index (χ3n) is 3.50. The molecule has 0 amide bonds. The van der Waals surface area contributed by atoms with E-state index < -0.39 is 11.7 Å². The van der Waals surface area contributed by atoms with Crippen LogP contribution in [-0.2, 0) is 12.6 Å². The summed E-state index contributed by atoms with van der Waals surface area (Å²) in [7, 11) is 0. The fourth-order valence-corrected chi connectivity index (χ4v) is 2.60. The van der Waals surface area contributed by atoms with E-state index in [1.807, 2.05) is 30.5 Å². The summed E-state index contributed by atoms with van der Waals surface area (Å²) in [6, 6.07) is 12.6. The largest absolute Gasteiger partial charge is 0.416 e. The topological polar surface area (TPSA) is 38.9 Å². The number of halogens is 3. The number of aromatic nitrogens is 2. The van der Waals surface area contributed by atoms with Gasteiger partial charge in [-0.05, 0) is 42.0 Å². The zero-order chi connectivity index (χ0) is 17.2. The lowest BCUT2D eigenvalue weighted by Gasteiger charge is -2.09. The lowest BCUT2D eigenvalue weighted by molar-refractivity contribution is -0.137. The van der Waals surface area contributed by atoms with Crippen LogP contribution in [0.15, 0.2) is 58.2 Å². The van der Waals surface area contributed by atoms with Gasteiger partial charge in [0.15, 0.2) is 0 Å². The van der Waals surface area contributed by atoms with Crippen LogP contribution in [0.2, 0.25) is 0 Å². The Balaban J connectivity index is 1.88. The molecule has 3 aromatic rings. The Bertz CT molecular complexity index is 828. The van der Waals surface area contributed by atoms with E-state index in [1.165, 1.54) is 23.9 Å². The molecule has 124 valence electrons. The molecule has 24 heavy (non-hydrogen) atoms. The molecular formula is C17H13F3N2OS. The number of nitrogens with zero attached hydrogens (tertiary/aromatic N) is 2. The molecule has 3 rings (SSSR count). The van der Waals surface area contributed by atoms with E-state index in [1.54, 1.807) is 0 Å². The molecule has 1 aromatic heterocycles. The Kier molecular flexibility index (Phi) is 4.62. The minimum Gasteiger partial charge on any atom is -0.411 e. The van der Waals surface area contributed by atoms with Gasteiger partial charge in [0.2, 0.25) is 5.89 Å². The number of rotatable bonds is 4. The highest BCUT2D eigenvalue weighted by Crippen LogP contribution is 2.30. The van der Waals surface area contributed by atoms with E-state index >= 15 is 0 Å². The lowest BCUT2D eigenvalue weighted by Crippen LogP contribution is -2.04. The van der Waals surface area contributed by atoms with E-state index in [9.17, 15) is 13.2 Å². The Morgan fingerprint density at radius 3 is 2.33 bits per heavy atom. The van der Waals surface area contributed by atoms with Crippen LogP contribution in [0, 0.1) is 0 Å². The Morgan fingerprint density at radius 2 is 1.71 bits per heavy atom. The molecule has 0 aliphatic heterocycles. The summed E-state index contributed by atoms with van der Waals surface area (Å²) in [4.78, 5) is 0. The minimum absolute atomic E-state index is 0.405. The predicted molar refractivity (Wildman–Crippen MR) is 85.8 cm³/mol. The van der Waals surface area contributed by atoms with Crippen LogP contribution in [0.25, 0.3) is 11.5 Å². The van der Waals surface area contributed by atoms with Crippen molar-refractivity contribution < 1.29 is 17.6 Å². The maximum absolute atomic E-state index is 12.6. The van der Waals surface area contributed by atoms with Gasteiger partial charge >= 0.3 is 6.18 Å². The average Bonchev–Trinajstić information content (AvgIpc) is 3.04. The second-order valence-corrected chi connectivity index (χ2v) is 5.86. The van der Waals surface area contributed by atoms with Gasteiger partial charge < -0.3 is 4.42 Å².